The van der Waals surface area contributed by atoms with Crippen molar-refractivity contribution in [1.82, 2.24) is 19.5 Å². The highest BCUT2D eigenvalue weighted by atomic mass is 127. The summed E-state index contributed by atoms with van der Waals surface area (Å²) in [5.74, 6) is 1.49. The summed E-state index contributed by atoms with van der Waals surface area (Å²) in [5, 5.41) is 26.5. The summed E-state index contributed by atoms with van der Waals surface area (Å²) in [6.07, 6.45) is 3.76. The Kier molecular flexibility index (Phi) is 7.93. The molecule has 0 amide bonds. The van der Waals surface area contributed by atoms with E-state index in [1.54, 1.807) is 6.07 Å². The number of hydrogen-bond donors (Lipinski definition) is 4. The number of phenols is 1. The molecule has 1 atom stereocenters. The molecule has 0 aliphatic carbocycles. The van der Waals surface area contributed by atoms with Gasteiger partial charge in [0.05, 0.1) is 19.0 Å². The smallest absolute Gasteiger partial charge is 0.227 e. The van der Waals surface area contributed by atoms with Gasteiger partial charge in [-0.3, -0.25) is 0 Å². The van der Waals surface area contributed by atoms with Gasteiger partial charge in [-0.05, 0) is 59.5 Å². The monoisotopic (exact) mass is 538 g/mol. The second-order valence-electron chi connectivity index (χ2n) is 7.99. The maximum atomic E-state index is 10.2. The van der Waals surface area contributed by atoms with Crippen LogP contribution in [0.1, 0.15) is 52.1 Å². The van der Waals surface area contributed by atoms with Gasteiger partial charge in [0.2, 0.25) is 5.95 Å². The minimum Gasteiger partial charge on any atom is -0.508 e. The van der Waals surface area contributed by atoms with Crippen LogP contribution in [-0.4, -0.2) is 42.4 Å². The maximum absolute atomic E-state index is 10.2. The molecule has 0 aliphatic rings. The summed E-state index contributed by atoms with van der Waals surface area (Å²) in [6, 6.07) is 5.62. The van der Waals surface area contributed by atoms with Crippen LogP contribution in [-0.2, 0) is 6.54 Å². The highest BCUT2D eigenvalue weighted by Gasteiger charge is 2.20. The van der Waals surface area contributed by atoms with E-state index < -0.39 is 0 Å². The van der Waals surface area contributed by atoms with E-state index in [2.05, 4.69) is 61.6 Å². The zero-order chi connectivity index (χ0) is 22.5. The molecule has 1 aromatic carbocycles. The number of aromatic nitrogens is 4. The van der Waals surface area contributed by atoms with Crippen LogP contribution in [0.4, 0.5) is 11.8 Å². The Bertz CT molecular complexity index is 1020. The van der Waals surface area contributed by atoms with Gasteiger partial charge in [-0.2, -0.15) is 9.97 Å². The lowest BCUT2D eigenvalue weighted by atomic mass is 10.1. The van der Waals surface area contributed by atoms with Crippen LogP contribution in [0.3, 0.4) is 0 Å². The van der Waals surface area contributed by atoms with E-state index >= 15 is 0 Å². The van der Waals surface area contributed by atoms with Crippen molar-refractivity contribution in [3.05, 3.63) is 33.7 Å². The highest BCUT2D eigenvalue weighted by Crippen LogP contribution is 2.28. The fourth-order valence-corrected chi connectivity index (χ4v) is 4.07. The van der Waals surface area contributed by atoms with Gasteiger partial charge in [0.15, 0.2) is 17.0 Å². The first kappa shape index (κ1) is 23.5. The van der Waals surface area contributed by atoms with Crippen molar-refractivity contribution in [2.45, 2.75) is 59.2 Å². The van der Waals surface area contributed by atoms with Crippen molar-refractivity contribution < 1.29 is 10.2 Å². The summed E-state index contributed by atoms with van der Waals surface area (Å²) < 4.78 is 3.14. The number of nitrogens with zero attached hydrogens (tertiary/aromatic N) is 4. The Labute approximate surface area is 196 Å². The number of aliphatic hydroxyl groups is 1. The molecule has 0 radical (unpaired) electrons. The molecule has 0 bridgehead atoms. The van der Waals surface area contributed by atoms with Gasteiger partial charge in [-0.25, -0.2) is 4.98 Å². The average Bonchev–Trinajstić information content (AvgIpc) is 3.17. The third kappa shape index (κ3) is 5.38. The molecule has 168 valence electrons. The van der Waals surface area contributed by atoms with Gasteiger partial charge >= 0.3 is 0 Å². The Morgan fingerprint density at radius 2 is 1.90 bits per heavy atom. The van der Waals surface area contributed by atoms with Gasteiger partial charge in [-0.1, -0.05) is 27.7 Å². The molecule has 0 saturated carbocycles. The molecular formula is C22H31IN6O2. The quantitative estimate of drug-likeness (QED) is 0.281. The number of aliphatic hydroxyl groups excluding tert-OH is 1. The third-order valence-corrected chi connectivity index (χ3v) is 6.23. The average molecular weight is 538 g/mol. The summed E-state index contributed by atoms with van der Waals surface area (Å²) in [5.41, 5.74) is 2.22. The number of halogens is 1. The lowest BCUT2D eigenvalue weighted by Crippen LogP contribution is -2.30. The van der Waals surface area contributed by atoms with Crippen molar-refractivity contribution in [3.8, 4) is 5.75 Å². The summed E-state index contributed by atoms with van der Waals surface area (Å²) in [4.78, 5) is 14.0. The van der Waals surface area contributed by atoms with Crippen molar-refractivity contribution in [2.24, 2.45) is 5.92 Å². The highest BCUT2D eigenvalue weighted by molar-refractivity contribution is 14.1. The SMILES string of the molecule is CCC(CC)n1cnc2c(NCc3cc(I)ccc3O)nc(NC(CO)C(C)C)nc21. The molecule has 3 aromatic rings. The van der Waals surface area contributed by atoms with E-state index in [9.17, 15) is 10.2 Å². The molecule has 0 aliphatic heterocycles. The van der Waals surface area contributed by atoms with Crippen molar-refractivity contribution in [1.29, 1.82) is 0 Å². The zero-order valence-corrected chi connectivity index (χ0v) is 20.6. The molecule has 2 heterocycles. The molecule has 31 heavy (non-hydrogen) atoms. The van der Waals surface area contributed by atoms with E-state index in [0.29, 0.717) is 29.9 Å². The standard InChI is InChI=1S/C22H31IN6O2/c1-5-16(6-2)29-12-25-19-20(24-10-14-9-15(23)7-8-18(14)31)27-22(28-21(19)29)26-17(11-30)13(3)4/h7-9,12-13,16-17,30-31H,5-6,10-11H2,1-4H3,(H2,24,26,27,28). The lowest BCUT2D eigenvalue weighted by molar-refractivity contribution is 0.248. The van der Waals surface area contributed by atoms with Gasteiger partial charge in [0.25, 0.3) is 0 Å². The van der Waals surface area contributed by atoms with Gasteiger partial charge in [0.1, 0.15) is 5.75 Å². The number of nitrogens with one attached hydrogen (secondary N) is 2. The first-order valence-electron chi connectivity index (χ1n) is 10.7. The molecule has 1 unspecified atom stereocenters. The number of imidazole rings is 1. The van der Waals surface area contributed by atoms with Gasteiger partial charge in [0, 0.05) is 21.7 Å². The van der Waals surface area contributed by atoms with Crippen molar-refractivity contribution in [3.63, 3.8) is 0 Å². The number of rotatable bonds is 10. The molecule has 4 N–H and O–H groups in total. The van der Waals surface area contributed by atoms with Crippen LogP contribution in [0, 0.1) is 9.49 Å². The Morgan fingerprint density at radius 3 is 2.55 bits per heavy atom. The van der Waals surface area contributed by atoms with Crippen LogP contribution in [0.25, 0.3) is 11.2 Å². The molecular weight excluding hydrogens is 507 g/mol. The van der Waals surface area contributed by atoms with E-state index in [0.717, 1.165) is 27.6 Å². The number of hydrogen-bond acceptors (Lipinski definition) is 7. The van der Waals surface area contributed by atoms with E-state index in [4.69, 9.17) is 4.98 Å². The molecule has 3 rings (SSSR count). The van der Waals surface area contributed by atoms with Crippen LogP contribution in [0.15, 0.2) is 24.5 Å². The van der Waals surface area contributed by atoms with E-state index in [1.807, 2.05) is 32.3 Å². The Morgan fingerprint density at radius 1 is 1.16 bits per heavy atom. The maximum Gasteiger partial charge on any atom is 0.227 e. The number of phenolic OH excluding ortho intramolecular Hbond substituents is 1. The number of fused-ring (bicyclic) bond motifs is 1. The van der Waals surface area contributed by atoms with Crippen LogP contribution >= 0.6 is 22.6 Å². The largest absolute Gasteiger partial charge is 0.508 e. The summed E-state index contributed by atoms with van der Waals surface area (Å²) in [6.45, 7) is 8.78. The fraction of sp³-hybridized carbons (Fsp3) is 0.500. The third-order valence-electron chi connectivity index (χ3n) is 5.56. The molecule has 0 saturated heterocycles. The second kappa shape index (κ2) is 10.4. The first-order valence-corrected chi connectivity index (χ1v) is 11.8. The van der Waals surface area contributed by atoms with E-state index in [-0.39, 0.29) is 24.3 Å². The van der Waals surface area contributed by atoms with E-state index in [1.165, 1.54) is 0 Å². The molecule has 8 nitrogen and oxygen atoms in total. The fourth-order valence-electron chi connectivity index (χ4n) is 3.52. The lowest BCUT2D eigenvalue weighted by Gasteiger charge is -2.21. The van der Waals surface area contributed by atoms with Crippen LogP contribution in [0.2, 0.25) is 0 Å². The number of aromatic hydroxyl groups is 1. The zero-order valence-electron chi connectivity index (χ0n) is 18.4. The number of benzene rings is 1. The molecule has 0 fully saturated rings. The molecule has 2 aromatic heterocycles. The second-order valence-corrected chi connectivity index (χ2v) is 9.24. The first-order chi connectivity index (χ1) is 14.9. The normalized spacial score (nSPS) is 12.6. The van der Waals surface area contributed by atoms with Gasteiger partial charge in [-0.15, -0.1) is 0 Å². The molecule has 0 spiro atoms. The Balaban J connectivity index is 2.02. The van der Waals surface area contributed by atoms with Crippen molar-refractivity contribution >= 4 is 45.5 Å². The van der Waals surface area contributed by atoms with Crippen LogP contribution < -0.4 is 10.6 Å². The summed E-state index contributed by atoms with van der Waals surface area (Å²) >= 11 is 2.22. The minimum atomic E-state index is -0.158. The summed E-state index contributed by atoms with van der Waals surface area (Å²) in [7, 11) is 0. The van der Waals surface area contributed by atoms with Crippen molar-refractivity contribution in [2.75, 3.05) is 17.2 Å². The Hall–Kier alpha value is -2.14. The van der Waals surface area contributed by atoms with Crippen LogP contribution in [0.5, 0.6) is 5.75 Å². The predicted molar refractivity (Wildman–Crippen MR) is 132 cm³/mol. The van der Waals surface area contributed by atoms with Gasteiger partial charge < -0.3 is 25.4 Å². The minimum absolute atomic E-state index is 0.00996. The number of anilines is 2. The molecule has 9 heteroatoms. The predicted octanol–water partition coefficient (Wildman–Crippen LogP) is 4.54. The topological polar surface area (TPSA) is 108 Å².